The van der Waals surface area contributed by atoms with E-state index in [0.29, 0.717) is 6.54 Å². The molecule has 0 radical (unpaired) electrons. The van der Waals surface area contributed by atoms with Gasteiger partial charge in [0, 0.05) is 5.38 Å². The van der Waals surface area contributed by atoms with Crippen LogP contribution in [-0.2, 0) is 0 Å². The van der Waals surface area contributed by atoms with Gasteiger partial charge in [0.15, 0.2) is 0 Å². The van der Waals surface area contributed by atoms with Gasteiger partial charge in [-0.1, -0.05) is 24.3 Å². The third-order valence-electron chi connectivity index (χ3n) is 3.07. The Bertz CT molecular complexity index is 878. The second-order valence-electron chi connectivity index (χ2n) is 5.13. The molecule has 0 unspecified atom stereocenters. The Morgan fingerprint density at radius 2 is 1.91 bits per heavy atom. The highest BCUT2D eigenvalue weighted by Gasteiger charge is 2.09. The van der Waals surface area contributed by atoms with Crippen LogP contribution in [0.5, 0.6) is 0 Å². The Hall–Kier alpha value is -1.76. The molecule has 23 heavy (non-hydrogen) atoms. The lowest BCUT2D eigenvalue weighted by atomic mass is 10.3. The Kier molecular flexibility index (Phi) is 5.05. The third kappa shape index (κ3) is 3.77. The van der Waals surface area contributed by atoms with Gasteiger partial charge in [0.05, 0.1) is 27.7 Å². The van der Waals surface area contributed by atoms with Gasteiger partial charge in [0.25, 0.3) is 0 Å². The van der Waals surface area contributed by atoms with Crippen molar-refractivity contribution < 1.29 is 0 Å². The first-order valence-electron chi connectivity index (χ1n) is 7.14. The number of hydrogen-bond donors (Lipinski definition) is 0. The third-order valence-corrected chi connectivity index (χ3v) is 5.80. The number of nitrogens with zero attached hydrogens (tertiary/aromatic N) is 3. The highest BCUT2D eigenvalue weighted by atomic mass is 32.1. The Morgan fingerprint density at radius 3 is 2.57 bits per heavy atom. The molecule has 0 aliphatic rings. The zero-order valence-corrected chi connectivity index (χ0v) is 15.5. The van der Waals surface area contributed by atoms with Crippen LogP contribution in [0, 0.1) is 0 Å². The Labute approximate surface area is 147 Å². The molecule has 3 aromatic heterocycles. The van der Waals surface area contributed by atoms with E-state index >= 15 is 0 Å². The average molecular weight is 360 g/mol. The van der Waals surface area contributed by atoms with E-state index < -0.39 is 0 Å². The van der Waals surface area contributed by atoms with Gasteiger partial charge in [-0.3, -0.25) is 4.99 Å². The molecule has 3 heterocycles. The number of thiazole rings is 1. The maximum Gasteiger partial charge on any atom is 0.206 e. The van der Waals surface area contributed by atoms with Gasteiger partial charge in [0.1, 0.15) is 0 Å². The minimum Gasteiger partial charge on any atom is -0.253 e. The second-order valence-corrected chi connectivity index (χ2v) is 7.86. The molecule has 6 heteroatoms. The molecule has 0 N–H and O–H groups in total. The topological polar surface area (TPSA) is 29.6 Å². The van der Waals surface area contributed by atoms with Gasteiger partial charge in [-0.25, -0.2) is 4.68 Å². The van der Waals surface area contributed by atoms with Crippen LogP contribution in [0.3, 0.4) is 0 Å². The summed E-state index contributed by atoms with van der Waals surface area (Å²) in [6, 6.07) is 8.31. The summed E-state index contributed by atoms with van der Waals surface area (Å²) in [7, 11) is 0. The summed E-state index contributed by atoms with van der Waals surface area (Å²) < 4.78 is 1.95. The summed E-state index contributed by atoms with van der Waals surface area (Å²) >= 11 is 5.02. The molecule has 0 fully saturated rings. The summed E-state index contributed by atoms with van der Waals surface area (Å²) in [5.74, 6) is 0. The molecule has 0 aliphatic heterocycles. The lowest BCUT2D eigenvalue weighted by molar-refractivity contribution is 0.832. The molecule has 0 aromatic carbocycles. The SMILES string of the molecule is C=C(C)CN=c1scc(-c2cccs2)n1N=C(C)c1cccs1. The van der Waals surface area contributed by atoms with Crippen molar-refractivity contribution in [3.8, 4) is 10.6 Å². The quantitative estimate of drug-likeness (QED) is 0.449. The minimum atomic E-state index is 0.623. The van der Waals surface area contributed by atoms with Crippen LogP contribution in [0.1, 0.15) is 18.7 Å². The number of thiophene rings is 2. The molecule has 0 spiro atoms. The highest BCUT2D eigenvalue weighted by Crippen LogP contribution is 2.25. The van der Waals surface area contributed by atoms with E-state index in [1.54, 1.807) is 34.0 Å². The van der Waals surface area contributed by atoms with Crippen LogP contribution in [0.25, 0.3) is 10.6 Å². The predicted molar refractivity (Wildman–Crippen MR) is 103 cm³/mol. The molecule has 0 saturated heterocycles. The fraction of sp³-hybridized carbons (Fsp3) is 0.176. The highest BCUT2D eigenvalue weighted by molar-refractivity contribution is 7.14. The van der Waals surface area contributed by atoms with E-state index in [1.807, 2.05) is 24.6 Å². The van der Waals surface area contributed by atoms with Crippen molar-refractivity contribution in [2.75, 3.05) is 6.54 Å². The van der Waals surface area contributed by atoms with Gasteiger partial charge in [-0.05, 0) is 36.7 Å². The monoisotopic (exact) mass is 359 g/mol. The lowest BCUT2D eigenvalue weighted by Crippen LogP contribution is -2.14. The first kappa shape index (κ1) is 16.1. The largest absolute Gasteiger partial charge is 0.253 e. The maximum atomic E-state index is 4.83. The molecule has 3 nitrogen and oxygen atoms in total. The summed E-state index contributed by atoms with van der Waals surface area (Å²) in [4.78, 5) is 7.92. The van der Waals surface area contributed by atoms with Crippen molar-refractivity contribution in [3.63, 3.8) is 0 Å². The molecule has 3 rings (SSSR count). The van der Waals surface area contributed by atoms with Gasteiger partial charge in [0.2, 0.25) is 4.80 Å². The summed E-state index contributed by atoms with van der Waals surface area (Å²) in [5, 5.41) is 11.1. The Balaban J connectivity index is 2.11. The molecule has 0 aliphatic carbocycles. The van der Waals surface area contributed by atoms with Gasteiger partial charge < -0.3 is 0 Å². The van der Waals surface area contributed by atoms with Gasteiger partial charge >= 0.3 is 0 Å². The standard InChI is InChI=1S/C17H17N3S3/c1-12(2)10-18-17-20(19-13(3)15-6-4-8-21-15)14(11-23-17)16-7-5-9-22-16/h4-9,11H,1,10H2,2-3H3. The zero-order valence-electron chi connectivity index (χ0n) is 13.0. The zero-order chi connectivity index (χ0) is 16.2. The van der Waals surface area contributed by atoms with E-state index in [0.717, 1.165) is 21.8 Å². The predicted octanol–water partition coefficient (Wildman–Crippen LogP) is 5.09. The van der Waals surface area contributed by atoms with Crippen LogP contribution in [0.15, 0.2) is 62.7 Å². The Morgan fingerprint density at radius 1 is 1.13 bits per heavy atom. The van der Waals surface area contributed by atoms with Crippen molar-refractivity contribution in [3.05, 3.63) is 62.2 Å². The van der Waals surface area contributed by atoms with E-state index in [2.05, 4.69) is 45.9 Å². The maximum absolute atomic E-state index is 4.83. The fourth-order valence-electron chi connectivity index (χ4n) is 1.99. The van der Waals surface area contributed by atoms with Crippen molar-refractivity contribution in [2.45, 2.75) is 13.8 Å². The van der Waals surface area contributed by atoms with E-state index in [1.165, 1.54) is 9.75 Å². The van der Waals surface area contributed by atoms with Crippen molar-refractivity contribution in [2.24, 2.45) is 10.1 Å². The van der Waals surface area contributed by atoms with E-state index in [9.17, 15) is 0 Å². The molecule has 0 amide bonds. The number of rotatable bonds is 5. The van der Waals surface area contributed by atoms with Crippen LogP contribution in [-0.4, -0.2) is 16.9 Å². The molecule has 0 atom stereocenters. The molecule has 3 aromatic rings. The van der Waals surface area contributed by atoms with E-state index in [4.69, 9.17) is 5.10 Å². The molecular formula is C17H17N3S3. The average Bonchev–Trinajstić information content (AvgIpc) is 3.26. The van der Waals surface area contributed by atoms with Crippen LogP contribution >= 0.6 is 34.0 Å². The number of aromatic nitrogens is 1. The first-order valence-corrected chi connectivity index (χ1v) is 9.78. The number of hydrogen-bond acceptors (Lipinski definition) is 5. The summed E-state index contributed by atoms with van der Waals surface area (Å²) in [6.45, 7) is 8.58. The van der Waals surface area contributed by atoms with Crippen molar-refractivity contribution in [1.82, 2.24) is 4.68 Å². The van der Waals surface area contributed by atoms with Gasteiger partial charge in [-0.2, -0.15) is 5.10 Å². The van der Waals surface area contributed by atoms with E-state index in [-0.39, 0.29) is 0 Å². The van der Waals surface area contributed by atoms with Crippen molar-refractivity contribution >= 4 is 39.7 Å². The van der Waals surface area contributed by atoms with Crippen LogP contribution in [0.4, 0.5) is 0 Å². The first-order chi connectivity index (χ1) is 11.1. The molecule has 118 valence electrons. The molecule has 0 saturated carbocycles. The minimum absolute atomic E-state index is 0.623. The molecular weight excluding hydrogens is 342 g/mol. The summed E-state index contributed by atoms with van der Waals surface area (Å²) in [5.41, 5.74) is 3.12. The smallest absolute Gasteiger partial charge is 0.206 e. The normalized spacial score (nSPS) is 12.8. The summed E-state index contributed by atoms with van der Waals surface area (Å²) in [6.07, 6.45) is 0. The fourth-order valence-corrected chi connectivity index (χ4v) is 4.28. The van der Waals surface area contributed by atoms with Crippen LogP contribution in [0.2, 0.25) is 0 Å². The second kappa shape index (κ2) is 7.21. The van der Waals surface area contributed by atoms with Gasteiger partial charge in [-0.15, -0.1) is 34.0 Å². The lowest BCUT2D eigenvalue weighted by Gasteiger charge is -2.03. The van der Waals surface area contributed by atoms with Crippen LogP contribution < -0.4 is 4.80 Å². The molecule has 0 bridgehead atoms. The van der Waals surface area contributed by atoms with Crippen molar-refractivity contribution in [1.29, 1.82) is 0 Å².